The zero-order chi connectivity index (χ0) is 20.6. The molecule has 4 rings (SSSR count). The number of imidazole rings is 1. The number of hydrogen-bond donors (Lipinski definition) is 1. The van der Waals surface area contributed by atoms with Crippen molar-refractivity contribution in [1.29, 1.82) is 0 Å². The number of aliphatic hydroxyl groups is 1. The Morgan fingerprint density at radius 1 is 1.17 bits per heavy atom. The van der Waals surface area contributed by atoms with Gasteiger partial charge in [-0.25, -0.2) is 14.2 Å². The number of halogens is 1. The summed E-state index contributed by atoms with van der Waals surface area (Å²) in [4.78, 5) is 4.28. The highest BCUT2D eigenvalue weighted by Gasteiger charge is 2.18. The lowest BCUT2D eigenvalue weighted by Crippen LogP contribution is -2.22. The molecule has 0 fully saturated rings. The van der Waals surface area contributed by atoms with Crippen molar-refractivity contribution in [2.24, 2.45) is 0 Å². The van der Waals surface area contributed by atoms with Gasteiger partial charge in [-0.05, 0) is 35.9 Å². The van der Waals surface area contributed by atoms with Crippen LogP contribution >= 0.6 is 11.6 Å². The number of nitrogens with zero attached hydrogens (tertiary/aromatic N) is 5. The topological polar surface area (TPSA) is 77.5 Å². The summed E-state index contributed by atoms with van der Waals surface area (Å²) in [5, 5.41) is 21.0. The summed E-state index contributed by atoms with van der Waals surface area (Å²) in [6.07, 6.45) is 2.67. The molecular weight excluding hydrogens is 406 g/mol. The van der Waals surface area contributed by atoms with Crippen molar-refractivity contribution in [2.75, 3.05) is 6.61 Å². The van der Waals surface area contributed by atoms with Crippen LogP contribution in [-0.2, 0) is 11.5 Å². The molecule has 3 aromatic heterocycles. The summed E-state index contributed by atoms with van der Waals surface area (Å²) < 4.78 is 9.13. The average Bonchev–Trinajstić information content (AvgIpc) is 3.26. The number of fused-ring (bicyclic) bond motifs is 2. The van der Waals surface area contributed by atoms with E-state index in [1.165, 1.54) is 0 Å². The van der Waals surface area contributed by atoms with Gasteiger partial charge in [-0.3, -0.25) is 0 Å². The molecule has 0 aliphatic rings. The first kappa shape index (κ1) is 20.0. The van der Waals surface area contributed by atoms with Gasteiger partial charge in [0, 0.05) is 26.3 Å². The van der Waals surface area contributed by atoms with E-state index in [4.69, 9.17) is 16.3 Å². The van der Waals surface area contributed by atoms with Crippen molar-refractivity contribution in [1.82, 2.24) is 24.4 Å². The van der Waals surface area contributed by atoms with Gasteiger partial charge in [-0.15, -0.1) is 0 Å². The van der Waals surface area contributed by atoms with Crippen molar-refractivity contribution in [3.8, 4) is 0 Å². The molecule has 3 heterocycles. The maximum atomic E-state index is 10.9. The SMILES string of the molecule is C[Si](C)(C)CCOCn1cc2cc([C@H](O)c3cnc4ccc(Cl)nn34)ccc2n1. The fourth-order valence-electron chi connectivity index (χ4n) is 3.09. The predicted molar refractivity (Wildman–Crippen MR) is 116 cm³/mol. The fraction of sp³-hybridized carbons (Fsp3) is 0.350. The van der Waals surface area contributed by atoms with Crippen LogP contribution in [0.15, 0.2) is 42.7 Å². The van der Waals surface area contributed by atoms with E-state index in [1.807, 2.05) is 24.4 Å². The molecule has 0 aliphatic carbocycles. The quantitative estimate of drug-likeness (QED) is 0.353. The molecule has 0 bridgehead atoms. The van der Waals surface area contributed by atoms with Gasteiger partial charge < -0.3 is 9.84 Å². The Labute approximate surface area is 174 Å². The van der Waals surface area contributed by atoms with Gasteiger partial charge in [0.05, 0.1) is 17.4 Å². The molecule has 0 unspecified atom stereocenters. The van der Waals surface area contributed by atoms with E-state index in [0.717, 1.165) is 29.1 Å². The Morgan fingerprint density at radius 3 is 2.79 bits per heavy atom. The number of hydrogen-bond acceptors (Lipinski definition) is 5. The Morgan fingerprint density at radius 2 is 2.00 bits per heavy atom. The smallest absolute Gasteiger partial charge is 0.154 e. The monoisotopic (exact) mass is 429 g/mol. The van der Waals surface area contributed by atoms with E-state index in [-0.39, 0.29) is 0 Å². The van der Waals surface area contributed by atoms with Crippen molar-refractivity contribution in [3.05, 3.63) is 59.1 Å². The van der Waals surface area contributed by atoms with Crippen molar-refractivity contribution < 1.29 is 9.84 Å². The molecule has 0 aliphatic heterocycles. The van der Waals surface area contributed by atoms with Crippen LogP contribution in [0, 0.1) is 0 Å². The third-order valence-corrected chi connectivity index (χ3v) is 6.65. The molecule has 0 spiro atoms. The first-order valence-electron chi connectivity index (χ1n) is 9.53. The average molecular weight is 430 g/mol. The van der Waals surface area contributed by atoms with Crippen LogP contribution in [0.1, 0.15) is 17.4 Å². The summed E-state index contributed by atoms with van der Waals surface area (Å²) in [5.41, 5.74) is 2.78. The standard InChI is InChI=1S/C20H24ClN5O2Si/c1-29(2,3)9-8-28-13-25-12-15-10-14(4-5-16(15)23-25)20(27)17-11-22-19-7-6-18(21)24-26(17)19/h4-7,10-12,20,27H,8-9,13H2,1-3H3/t20-/m0/s1. The first-order chi connectivity index (χ1) is 13.8. The second-order valence-electron chi connectivity index (χ2n) is 8.35. The number of ether oxygens (including phenoxy) is 1. The van der Waals surface area contributed by atoms with Gasteiger partial charge in [0.25, 0.3) is 0 Å². The molecule has 9 heteroatoms. The van der Waals surface area contributed by atoms with E-state index in [9.17, 15) is 5.11 Å². The Bertz CT molecular complexity index is 1150. The number of rotatable bonds is 7. The van der Waals surface area contributed by atoms with Gasteiger partial charge in [0.15, 0.2) is 5.65 Å². The largest absolute Gasteiger partial charge is 0.382 e. The molecule has 1 N–H and O–H groups in total. The third kappa shape index (κ3) is 4.50. The van der Waals surface area contributed by atoms with Crippen LogP contribution in [0.4, 0.5) is 0 Å². The Balaban J connectivity index is 1.53. The third-order valence-electron chi connectivity index (χ3n) is 4.75. The maximum absolute atomic E-state index is 10.9. The molecule has 1 aromatic carbocycles. The van der Waals surface area contributed by atoms with Crippen molar-refractivity contribution in [3.63, 3.8) is 0 Å². The van der Waals surface area contributed by atoms with E-state index >= 15 is 0 Å². The Hall–Kier alpha value is -2.26. The van der Waals surface area contributed by atoms with E-state index in [1.54, 1.807) is 27.5 Å². The molecule has 152 valence electrons. The van der Waals surface area contributed by atoms with Crippen molar-refractivity contribution in [2.45, 2.75) is 38.5 Å². The highest BCUT2D eigenvalue weighted by Crippen LogP contribution is 2.26. The van der Waals surface area contributed by atoms with Crippen LogP contribution < -0.4 is 0 Å². The van der Waals surface area contributed by atoms with Gasteiger partial charge >= 0.3 is 0 Å². The normalized spacial score (nSPS) is 13.4. The molecule has 1 atom stereocenters. The summed E-state index contributed by atoms with van der Waals surface area (Å²) in [6.45, 7) is 8.17. The van der Waals surface area contributed by atoms with Gasteiger partial charge in [0.2, 0.25) is 0 Å². The number of aliphatic hydroxyl groups excluding tert-OH is 1. The summed E-state index contributed by atoms with van der Waals surface area (Å²) in [6, 6.07) is 10.3. The molecular formula is C20H24ClN5O2Si. The molecule has 0 saturated heterocycles. The van der Waals surface area contributed by atoms with Crippen LogP contribution in [0.3, 0.4) is 0 Å². The minimum absolute atomic E-state index is 0.342. The van der Waals surface area contributed by atoms with Crippen LogP contribution in [0.2, 0.25) is 30.8 Å². The molecule has 0 saturated carbocycles. The number of benzene rings is 1. The number of aromatic nitrogens is 5. The minimum atomic E-state index is -1.10. The van der Waals surface area contributed by atoms with E-state index in [0.29, 0.717) is 23.2 Å². The minimum Gasteiger partial charge on any atom is -0.382 e. The molecule has 4 aromatic rings. The lowest BCUT2D eigenvalue weighted by molar-refractivity contribution is 0.0791. The maximum Gasteiger partial charge on any atom is 0.154 e. The van der Waals surface area contributed by atoms with Crippen LogP contribution in [-0.4, -0.2) is 44.2 Å². The van der Waals surface area contributed by atoms with Gasteiger partial charge in [-0.1, -0.05) is 37.3 Å². The zero-order valence-electron chi connectivity index (χ0n) is 16.7. The second-order valence-corrected chi connectivity index (χ2v) is 14.4. The zero-order valence-corrected chi connectivity index (χ0v) is 18.5. The molecule has 0 radical (unpaired) electrons. The lowest BCUT2D eigenvalue weighted by atomic mass is 10.1. The molecule has 7 nitrogen and oxygen atoms in total. The highest BCUT2D eigenvalue weighted by atomic mass is 35.5. The van der Waals surface area contributed by atoms with E-state index in [2.05, 4.69) is 34.8 Å². The summed E-state index contributed by atoms with van der Waals surface area (Å²) >= 11 is 5.99. The predicted octanol–water partition coefficient (Wildman–Crippen LogP) is 4.13. The first-order valence-corrected chi connectivity index (χ1v) is 13.6. The Kier molecular flexibility index (Phi) is 5.43. The summed E-state index contributed by atoms with van der Waals surface area (Å²) in [5.74, 6) is 0. The van der Waals surface area contributed by atoms with Crippen molar-refractivity contribution >= 4 is 36.2 Å². The molecule has 0 amide bonds. The molecule has 29 heavy (non-hydrogen) atoms. The van der Waals surface area contributed by atoms with Crippen LogP contribution in [0.5, 0.6) is 0 Å². The summed E-state index contributed by atoms with van der Waals surface area (Å²) in [7, 11) is -1.10. The van der Waals surface area contributed by atoms with Gasteiger partial charge in [-0.2, -0.15) is 10.2 Å². The lowest BCUT2D eigenvalue weighted by Gasteiger charge is -2.15. The second kappa shape index (κ2) is 7.87. The fourth-order valence-corrected chi connectivity index (χ4v) is 3.99. The van der Waals surface area contributed by atoms with Crippen LogP contribution in [0.25, 0.3) is 16.6 Å². The van der Waals surface area contributed by atoms with Gasteiger partial charge in [0.1, 0.15) is 18.0 Å². The van der Waals surface area contributed by atoms with E-state index < -0.39 is 14.2 Å². The highest BCUT2D eigenvalue weighted by molar-refractivity contribution is 6.76.